The molecule has 0 radical (unpaired) electrons. The molecule has 0 amide bonds. The molecule has 0 aliphatic carbocycles. The van der Waals surface area contributed by atoms with Crippen LogP contribution in [-0.4, -0.2) is 10.2 Å². The topological polar surface area (TPSA) is 40.7 Å². The molecule has 2 aromatic rings. The number of aryl methyl sites for hydroxylation is 1. The standard InChI is InChI=1S/C13H17N3/c1-3-11-4-6-12(7-5-11)10(2)16-13-8-14-15-9-13/h4-10,16H,3H2,1-2H3,(H,14,15). The SMILES string of the molecule is CCc1ccc(C(C)Nc2cn[nH]c2)cc1. The van der Waals surface area contributed by atoms with Crippen molar-refractivity contribution >= 4 is 5.69 Å². The molecule has 0 saturated heterocycles. The Hall–Kier alpha value is -1.77. The summed E-state index contributed by atoms with van der Waals surface area (Å²) < 4.78 is 0. The highest BCUT2D eigenvalue weighted by Gasteiger charge is 2.05. The molecule has 3 heteroatoms. The van der Waals surface area contributed by atoms with E-state index in [1.54, 1.807) is 6.20 Å². The molecule has 16 heavy (non-hydrogen) atoms. The van der Waals surface area contributed by atoms with E-state index in [1.807, 2.05) is 6.20 Å². The second-order valence-corrected chi connectivity index (χ2v) is 3.95. The highest BCUT2D eigenvalue weighted by molar-refractivity contribution is 5.41. The van der Waals surface area contributed by atoms with E-state index < -0.39 is 0 Å². The molecule has 0 saturated carbocycles. The van der Waals surface area contributed by atoms with Crippen molar-refractivity contribution in [1.29, 1.82) is 0 Å². The zero-order valence-corrected chi connectivity index (χ0v) is 9.70. The molecule has 0 aliphatic rings. The Morgan fingerprint density at radius 2 is 2.06 bits per heavy atom. The van der Waals surface area contributed by atoms with Crippen molar-refractivity contribution in [3.05, 3.63) is 47.8 Å². The molecule has 1 atom stereocenters. The van der Waals surface area contributed by atoms with Crippen LogP contribution in [0, 0.1) is 0 Å². The molecule has 2 N–H and O–H groups in total. The molecule has 1 heterocycles. The van der Waals surface area contributed by atoms with Crippen molar-refractivity contribution < 1.29 is 0 Å². The van der Waals surface area contributed by atoms with Crippen LogP contribution in [0.2, 0.25) is 0 Å². The second-order valence-electron chi connectivity index (χ2n) is 3.95. The molecule has 1 aromatic carbocycles. The molecule has 1 unspecified atom stereocenters. The molecule has 1 aromatic heterocycles. The van der Waals surface area contributed by atoms with Gasteiger partial charge in [0.15, 0.2) is 0 Å². The van der Waals surface area contributed by atoms with E-state index >= 15 is 0 Å². The normalized spacial score (nSPS) is 12.4. The summed E-state index contributed by atoms with van der Waals surface area (Å²) in [6, 6.07) is 9.02. The average molecular weight is 215 g/mol. The number of benzene rings is 1. The number of hydrogen-bond acceptors (Lipinski definition) is 2. The maximum atomic E-state index is 3.91. The van der Waals surface area contributed by atoms with E-state index in [4.69, 9.17) is 0 Å². The molecule has 0 spiro atoms. The number of hydrogen-bond donors (Lipinski definition) is 2. The van der Waals surface area contributed by atoms with Crippen LogP contribution in [0.1, 0.15) is 31.0 Å². The quantitative estimate of drug-likeness (QED) is 0.822. The molecule has 2 rings (SSSR count). The van der Waals surface area contributed by atoms with Crippen LogP contribution in [0.25, 0.3) is 0 Å². The summed E-state index contributed by atoms with van der Waals surface area (Å²) in [6.45, 7) is 4.32. The predicted molar refractivity (Wildman–Crippen MR) is 66.4 cm³/mol. The lowest BCUT2D eigenvalue weighted by Crippen LogP contribution is -2.05. The van der Waals surface area contributed by atoms with E-state index in [0.29, 0.717) is 6.04 Å². The second kappa shape index (κ2) is 4.84. The van der Waals surface area contributed by atoms with Gasteiger partial charge in [-0.1, -0.05) is 31.2 Å². The van der Waals surface area contributed by atoms with Gasteiger partial charge in [-0.3, -0.25) is 5.10 Å². The summed E-state index contributed by atoms with van der Waals surface area (Å²) >= 11 is 0. The third kappa shape index (κ3) is 2.42. The van der Waals surface area contributed by atoms with Gasteiger partial charge in [-0.25, -0.2) is 0 Å². The minimum Gasteiger partial charge on any atom is -0.376 e. The number of aromatic amines is 1. The Balaban J connectivity index is 2.05. The van der Waals surface area contributed by atoms with Crippen molar-refractivity contribution in [3.8, 4) is 0 Å². The summed E-state index contributed by atoms with van der Waals surface area (Å²) in [5, 5.41) is 10.1. The largest absolute Gasteiger partial charge is 0.376 e. The van der Waals surface area contributed by atoms with E-state index in [1.165, 1.54) is 11.1 Å². The molecule has 0 bridgehead atoms. The number of nitrogens with zero attached hydrogens (tertiary/aromatic N) is 1. The van der Waals surface area contributed by atoms with E-state index in [-0.39, 0.29) is 0 Å². The zero-order chi connectivity index (χ0) is 11.4. The maximum Gasteiger partial charge on any atom is 0.0728 e. The van der Waals surface area contributed by atoms with Crippen LogP contribution in [0.4, 0.5) is 5.69 Å². The number of rotatable bonds is 4. The van der Waals surface area contributed by atoms with E-state index in [2.05, 4.69) is 53.6 Å². The fourth-order valence-electron chi connectivity index (χ4n) is 1.71. The number of anilines is 1. The van der Waals surface area contributed by atoms with Crippen LogP contribution in [-0.2, 0) is 6.42 Å². The van der Waals surface area contributed by atoms with Crippen LogP contribution >= 0.6 is 0 Å². The minimum absolute atomic E-state index is 0.295. The summed E-state index contributed by atoms with van der Waals surface area (Å²) in [5.74, 6) is 0. The maximum absolute atomic E-state index is 3.91. The van der Waals surface area contributed by atoms with Gasteiger partial charge < -0.3 is 5.32 Å². The number of aromatic nitrogens is 2. The fourth-order valence-corrected chi connectivity index (χ4v) is 1.71. The van der Waals surface area contributed by atoms with Crippen molar-refractivity contribution in [1.82, 2.24) is 10.2 Å². The van der Waals surface area contributed by atoms with Gasteiger partial charge >= 0.3 is 0 Å². The van der Waals surface area contributed by atoms with Gasteiger partial charge in [-0.15, -0.1) is 0 Å². The van der Waals surface area contributed by atoms with Crippen LogP contribution < -0.4 is 5.32 Å². The van der Waals surface area contributed by atoms with E-state index in [9.17, 15) is 0 Å². The smallest absolute Gasteiger partial charge is 0.0728 e. The summed E-state index contributed by atoms with van der Waals surface area (Å²) in [5.41, 5.74) is 3.68. The lowest BCUT2D eigenvalue weighted by Gasteiger charge is -2.14. The highest BCUT2D eigenvalue weighted by Crippen LogP contribution is 2.18. The summed E-state index contributed by atoms with van der Waals surface area (Å²) in [6.07, 6.45) is 4.73. The number of H-pyrrole nitrogens is 1. The van der Waals surface area contributed by atoms with Crippen molar-refractivity contribution in [2.24, 2.45) is 0 Å². The first-order chi connectivity index (χ1) is 7.79. The lowest BCUT2D eigenvalue weighted by molar-refractivity contribution is 0.883. The Morgan fingerprint density at radius 3 is 2.62 bits per heavy atom. The molecular formula is C13H17N3. The molecular weight excluding hydrogens is 198 g/mol. The van der Waals surface area contributed by atoms with Gasteiger partial charge in [-0.2, -0.15) is 5.10 Å². The molecule has 0 fully saturated rings. The van der Waals surface area contributed by atoms with E-state index in [0.717, 1.165) is 12.1 Å². The van der Waals surface area contributed by atoms with Crippen molar-refractivity contribution in [3.63, 3.8) is 0 Å². The highest BCUT2D eigenvalue weighted by atomic mass is 15.1. The van der Waals surface area contributed by atoms with Gasteiger partial charge in [0.1, 0.15) is 0 Å². The van der Waals surface area contributed by atoms with Crippen LogP contribution in [0.15, 0.2) is 36.7 Å². The van der Waals surface area contributed by atoms with Gasteiger partial charge in [0.25, 0.3) is 0 Å². The first kappa shape index (κ1) is 10.7. The Labute approximate surface area is 95.9 Å². The first-order valence-corrected chi connectivity index (χ1v) is 5.63. The molecule has 3 nitrogen and oxygen atoms in total. The molecule has 84 valence electrons. The minimum atomic E-state index is 0.295. The monoisotopic (exact) mass is 215 g/mol. The summed E-state index contributed by atoms with van der Waals surface area (Å²) in [7, 11) is 0. The van der Waals surface area contributed by atoms with Crippen LogP contribution in [0.3, 0.4) is 0 Å². The Bertz CT molecular complexity index is 417. The van der Waals surface area contributed by atoms with Gasteiger partial charge in [-0.05, 0) is 24.5 Å². The van der Waals surface area contributed by atoms with Crippen molar-refractivity contribution in [2.45, 2.75) is 26.3 Å². The third-order valence-corrected chi connectivity index (χ3v) is 2.77. The summed E-state index contributed by atoms with van der Waals surface area (Å²) in [4.78, 5) is 0. The predicted octanol–water partition coefficient (Wildman–Crippen LogP) is 3.15. The fraction of sp³-hybridized carbons (Fsp3) is 0.308. The van der Waals surface area contributed by atoms with Crippen molar-refractivity contribution in [2.75, 3.05) is 5.32 Å². The van der Waals surface area contributed by atoms with Crippen LogP contribution in [0.5, 0.6) is 0 Å². The number of nitrogens with one attached hydrogen (secondary N) is 2. The first-order valence-electron chi connectivity index (χ1n) is 5.63. The third-order valence-electron chi connectivity index (χ3n) is 2.77. The van der Waals surface area contributed by atoms with Gasteiger partial charge in [0, 0.05) is 12.2 Å². The van der Waals surface area contributed by atoms with Gasteiger partial charge in [0.2, 0.25) is 0 Å². The lowest BCUT2D eigenvalue weighted by atomic mass is 10.1. The average Bonchev–Trinajstić information content (AvgIpc) is 2.82. The Kier molecular flexibility index (Phi) is 3.25. The zero-order valence-electron chi connectivity index (χ0n) is 9.70. The Morgan fingerprint density at radius 1 is 1.31 bits per heavy atom. The van der Waals surface area contributed by atoms with Gasteiger partial charge in [0.05, 0.1) is 11.9 Å². The molecule has 0 aliphatic heterocycles.